The molecule has 1 aromatic rings. The molecule has 0 atom stereocenters. The van der Waals surface area contributed by atoms with E-state index < -0.39 is 0 Å². The molecule has 66 valence electrons. The Bertz CT molecular complexity index is 385. The highest BCUT2D eigenvalue weighted by Gasteiger charge is 2.13. The molecule has 0 bridgehead atoms. The van der Waals surface area contributed by atoms with Gasteiger partial charge in [0, 0.05) is 11.9 Å². The van der Waals surface area contributed by atoms with Crippen LogP contribution in [0, 0.1) is 0 Å². The molecule has 0 unspecified atom stereocenters. The quantitative estimate of drug-likeness (QED) is 0.576. The average molecular weight is 176 g/mol. The minimum absolute atomic E-state index is 0.212. The number of hydrogen-bond donors (Lipinski definition) is 2. The van der Waals surface area contributed by atoms with Crippen LogP contribution in [-0.2, 0) is 0 Å². The molecule has 0 radical (unpaired) electrons. The maximum atomic E-state index is 11.4. The van der Waals surface area contributed by atoms with Gasteiger partial charge in [0.05, 0.1) is 5.56 Å². The summed E-state index contributed by atoms with van der Waals surface area (Å²) in [5.41, 5.74) is 6.53. The Morgan fingerprint density at radius 2 is 2.23 bits per heavy atom. The number of amides is 1. The van der Waals surface area contributed by atoms with E-state index in [0.717, 1.165) is 0 Å². The molecule has 1 heterocycles. The first kappa shape index (κ1) is 7.67. The number of rotatable bonds is 0. The third-order valence-electron chi connectivity index (χ3n) is 1.73. The van der Waals surface area contributed by atoms with Crippen molar-refractivity contribution in [3.63, 3.8) is 0 Å². The Balaban J connectivity index is 2.54. The number of benzene rings is 1. The van der Waals surface area contributed by atoms with E-state index in [2.05, 4.69) is 5.32 Å². The van der Waals surface area contributed by atoms with E-state index in [1.165, 1.54) is 12.5 Å². The molecular weight excluding hydrogens is 168 g/mol. The lowest BCUT2D eigenvalue weighted by Crippen LogP contribution is -2.15. The molecule has 4 heteroatoms. The highest BCUT2D eigenvalue weighted by atomic mass is 16.5. The van der Waals surface area contributed by atoms with E-state index in [4.69, 9.17) is 10.5 Å². The lowest BCUT2D eigenvalue weighted by Gasteiger charge is -2.04. The zero-order valence-corrected chi connectivity index (χ0v) is 6.78. The number of nitrogens with two attached hydrogens (primary N) is 1. The minimum Gasteiger partial charge on any atom is -0.463 e. The zero-order chi connectivity index (χ0) is 9.26. The number of anilines is 1. The van der Waals surface area contributed by atoms with Gasteiger partial charge in [-0.2, -0.15) is 0 Å². The number of fused-ring (bicyclic) bond motifs is 1. The summed E-state index contributed by atoms with van der Waals surface area (Å²) in [6.45, 7) is 0. The largest absolute Gasteiger partial charge is 0.463 e. The molecule has 4 nitrogen and oxygen atoms in total. The van der Waals surface area contributed by atoms with Gasteiger partial charge in [-0.15, -0.1) is 0 Å². The van der Waals surface area contributed by atoms with Gasteiger partial charge in [0.1, 0.15) is 12.0 Å². The SMILES string of the molecule is Nc1ccc2c(c1)C(=O)NC=CO2. The van der Waals surface area contributed by atoms with Crippen molar-refractivity contribution in [1.29, 1.82) is 0 Å². The fraction of sp³-hybridized carbons (Fsp3) is 0. The molecule has 13 heavy (non-hydrogen) atoms. The molecule has 1 aromatic carbocycles. The fourth-order valence-electron chi connectivity index (χ4n) is 1.12. The number of hydrogen-bond acceptors (Lipinski definition) is 3. The number of nitrogens with one attached hydrogen (secondary N) is 1. The summed E-state index contributed by atoms with van der Waals surface area (Å²) in [6, 6.07) is 4.93. The second-order valence-electron chi connectivity index (χ2n) is 2.65. The van der Waals surface area contributed by atoms with E-state index in [1.807, 2.05) is 0 Å². The van der Waals surface area contributed by atoms with E-state index in [9.17, 15) is 4.79 Å². The van der Waals surface area contributed by atoms with Gasteiger partial charge in [0.25, 0.3) is 5.91 Å². The molecule has 3 N–H and O–H groups in total. The summed E-state index contributed by atoms with van der Waals surface area (Å²) in [6.07, 6.45) is 2.86. The number of ether oxygens (including phenoxy) is 1. The summed E-state index contributed by atoms with van der Waals surface area (Å²) in [5.74, 6) is 0.302. The molecule has 0 saturated heterocycles. The summed E-state index contributed by atoms with van der Waals surface area (Å²) in [5, 5.41) is 2.53. The van der Waals surface area contributed by atoms with Gasteiger partial charge >= 0.3 is 0 Å². The Labute approximate surface area is 75.0 Å². The van der Waals surface area contributed by atoms with Crippen LogP contribution in [0.1, 0.15) is 10.4 Å². The topological polar surface area (TPSA) is 64.4 Å². The number of nitrogen functional groups attached to an aromatic ring is 1. The Kier molecular flexibility index (Phi) is 1.66. The first-order chi connectivity index (χ1) is 6.27. The summed E-state index contributed by atoms with van der Waals surface area (Å²) < 4.78 is 5.15. The van der Waals surface area contributed by atoms with Crippen LogP contribution in [0.5, 0.6) is 5.75 Å². The average Bonchev–Trinajstić information content (AvgIpc) is 2.29. The van der Waals surface area contributed by atoms with Crippen LogP contribution in [0.3, 0.4) is 0 Å². The van der Waals surface area contributed by atoms with Gasteiger partial charge in [0.15, 0.2) is 0 Å². The van der Waals surface area contributed by atoms with Crippen LogP contribution < -0.4 is 15.8 Å². The Morgan fingerprint density at radius 1 is 1.38 bits per heavy atom. The van der Waals surface area contributed by atoms with Crippen molar-refractivity contribution in [2.45, 2.75) is 0 Å². The van der Waals surface area contributed by atoms with Crippen LogP contribution >= 0.6 is 0 Å². The second kappa shape index (κ2) is 2.82. The summed E-state index contributed by atoms with van der Waals surface area (Å²) in [7, 11) is 0. The van der Waals surface area contributed by atoms with Gasteiger partial charge in [0.2, 0.25) is 0 Å². The predicted molar refractivity (Wildman–Crippen MR) is 48.1 cm³/mol. The van der Waals surface area contributed by atoms with Crippen LogP contribution in [0.4, 0.5) is 5.69 Å². The van der Waals surface area contributed by atoms with Crippen molar-refractivity contribution in [2.24, 2.45) is 0 Å². The van der Waals surface area contributed by atoms with Crippen molar-refractivity contribution in [2.75, 3.05) is 5.73 Å². The van der Waals surface area contributed by atoms with Crippen LogP contribution in [0.2, 0.25) is 0 Å². The lowest BCUT2D eigenvalue weighted by molar-refractivity contribution is 0.0970. The van der Waals surface area contributed by atoms with Crippen LogP contribution in [-0.4, -0.2) is 5.91 Å². The Morgan fingerprint density at radius 3 is 3.08 bits per heavy atom. The van der Waals surface area contributed by atoms with Crippen molar-refractivity contribution in [1.82, 2.24) is 5.32 Å². The summed E-state index contributed by atoms with van der Waals surface area (Å²) >= 11 is 0. The molecule has 0 aromatic heterocycles. The van der Waals surface area contributed by atoms with Crippen molar-refractivity contribution < 1.29 is 9.53 Å². The highest BCUT2D eigenvalue weighted by Crippen LogP contribution is 2.22. The van der Waals surface area contributed by atoms with Gasteiger partial charge in [-0.05, 0) is 18.2 Å². The Hall–Kier alpha value is -1.97. The third kappa shape index (κ3) is 1.33. The molecule has 2 rings (SSSR count). The predicted octanol–water partition coefficient (Wildman–Crippen LogP) is 0.862. The maximum Gasteiger partial charge on any atom is 0.259 e. The van der Waals surface area contributed by atoms with Crippen molar-refractivity contribution >= 4 is 11.6 Å². The van der Waals surface area contributed by atoms with E-state index in [-0.39, 0.29) is 5.91 Å². The van der Waals surface area contributed by atoms with Gasteiger partial charge in [-0.25, -0.2) is 0 Å². The second-order valence-corrected chi connectivity index (χ2v) is 2.65. The van der Waals surface area contributed by atoms with Gasteiger partial charge < -0.3 is 15.8 Å². The van der Waals surface area contributed by atoms with Gasteiger partial charge in [-0.1, -0.05) is 0 Å². The molecule has 0 fully saturated rings. The zero-order valence-electron chi connectivity index (χ0n) is 6.78. The normalized spacial score (nSPS) is 14.0. The van der Waals surface area contributed by atoms with E-state index >= 15 is 0 Å². The number of carbonyl (C=O) groups excluding carboxylic acids is 1. The monoisotopic (exact) mass is 176 g/mol. The molecule has 0 spiro atoms. The molecule has 1 aliphatic heterocycles. The molecule has 0 saturated carbocycles. The lowest BCUT2D eigenvalue weighted by atomic mass is 10.1. The molecule has 0 aliphatic carbocycles. The standard InChI is InChI=1S/C9H8N2O2/c10-6-1-2-8-7(5-6)9(12)11-3-4-13-8/h1-5H,10H2,(H,11,12). The number of carbonyl (C=O) groups is 1. The molecule has 1 aliphatic rings. The van der Waals surface area contributed by atoms with Crippen LogP contribution in [0.15, 0.2) is 30.7 Å². The maximum absolute atomic E-state index is 11.4. The van der Waals surface area contributed by atoms with E-state index in [1.54, 1.807) is 18.2 Å². The van der Waals surface area contributed by atoms with Crippen molar-refractivity contribution in [3.8, 4) is 5.75 Å². The fourth-order valence-corrected chi connectivity index (χ4v) is 1.12. The van der Waals surface area contributed by atoms with Crippen LogP contribution in [0.25, 0.3) is 0 Å². The van der Waals surface area contributed by atoms with Crippen molar-refractivity contribution in [3.05, 3.63) is 36.2 Å². The smallest absolute Gasteiger partial charge is 0.259 e. The minimum atomic E-state index is -0.212. The molecular formula is C9H8N2O2. The van der Waals surface area contributed by atoms with E-state index in [0.29, 0.717) is 17.0 Å². The third-order valence-corrected chi connectivity index (χ3v) is 1.73. The highest BCUT2D eigenvalue weighted by molar-refractivity contribution is 5.98. The summed E-state index contributed by atoms with van der Waals surface area (Å²) in [4.78, 5) is 11.4. The van der Waals surface area contributed by atoms with Gasteiger partial charge in [-0.3, -0.25) is 4.79 Å². The first-order valence-electron chi connectivity index (χ1n) is 3.79. The first-order valence-corrected chi connectivity index (χ1v) is 3.79. The molecule has 1 amide bonds.